The first kappa shape index (κ1) is 22.5. The molecule has 0 saturated heterocycles. The highest BCUT2D eigenvalue weighted by Crippen LogP contribution is 2.64. The van der Waals surface area contributed by atoms with Gasteiger partial charge < -0.3 is 9.47 Å². The van der Waals surface area contributed by atoms with E-state index in [1.807, 2.05) is 24.3 Å². The van der Waals surface area contributed by atoms with Crippen LogP contribution < -0.4 is 9.47 Å². The van der Waals surface area contributed by atoms with E-state index in [9.17, 15) is 9.36 Å². The van der Waals surface area contributed by atoms with Crippen molar-refractivity contribution in [2.75, 3.05) is 42.4 Å². The highest BCUT2D eigenvalue weighted by molar-refractivity contribution is 8.56. The van der Waals surface area contributed by atoms with Gasteiger partial charge in [-0.25, -0.2) is 9.34 Å². The molecule has 8 heteroatoms. The average molecular weight is 422 g/mol. The number of carbonyl (C=O) groups excluding carboxylic acids is 1. The van der Waals surface area contributed by atoms with Crippen LogP contribution in [-0.2, 0) is 11.0 Å². The van der Waals surface area contributed by atoms with Crippen molar-refractivity contribution in [1.82, 2.24) is 9.34 Å². The summed E-state index contributed by atoms with van der Waals surface area (Å²) < 4.78 is 27.3. The monoisotopic (exact) mass is 422 g/mol. The Labute approximate surface area is 171 Å². The van der Waals surface area contributed by atoms with Crippen LogP contribution in [0.25, 0.3) is 0 Å². The number of Topliss-reactive ketones (excluding diaryl/α,β-unsaturated/α-hetero) is 1. The van der Waals surface area contributed by atoms with Crippen molar-refractivity contribution in [3.63, 3.8) is 0 Å². The van der Waals surface area contributed by atoms with Crippen molar-refractivity contribution in [1.29, 1.82) is 0 Å². The summed E-state index contributed by atoms with van der Waals surface area (Å²) in [6.45, 7) is -2.82. The summed E-state index contributed by atoms with van der Waals surface area (Å²) in [5.74, 6) is 1.07. The van der Waals surface area contributed by atoms with Crippen molar-refractivity contribution in [2.45, 2.75) is 11.3 Å². The smallest absolute Gasteiger partial charge is 0.275 e. The second-order valence-corrected chi connectivity index (χ2v) is 11.8. The minimum atomic E-state index is -2.82. The molecule has 0 aromatic heterocycles. The van der Waals surface area contributed by atoms with Gasteiger partial charge in [-0.05, 0) is 63.3 Å². The first-order chi connectivity index (χ1) is 13.2. The number of nitrogens with zero attached hydrogens (tertiary/aromatic N) is 2. The van der Waals surface area contributed by atoms with Gasteiger partial charge in [0.25, 0.3) is 6.65 Å². The molecule has 0 bridgehead atoms. The van der Waals surface area contributed by atoms with Crippen molar-refractivity contribution < 1.29 is 18.8 Å². The summed E-state index contributed by atoms with van der Waals surface area (Å²) in [6, 6.07) is 12.7. The van der Waals surface area contributed by atoms with Crippen LogP contribution in [0.4, 0.5) is 0 Å². The Morgan fingerprint density at radius 2 is 1.50 bits per heavy atom. The number of hydrogen-bond acceptors (Lipinski definition) is 5. The lowest BCUT2D eigenvalue weighted by molar-refractivity contribution is 0.0991. The molecular weight excluding hydrogens is 395 g/mol. The normalized spacial score (nSPS) is 11.7. The zero-order chi connectivity index (χ0) is 20.9. The van der Waals surface area contributed by atoms with Crippen LogP contribution in [0.5, 0.6) is 11.5 Å². The summed E-state index contributed by atoms with van der Waals surface area (Å²) in [7, 11) is 10.3. The zero-order valence-electron chi connectivity index (χ0n) is 17.1. The first-order valence-corrected chi connectivity index (χ1v) is 11.7. The highest BCUT2D eigenvalue weighted by Gasteiger charge is 2.30. The molecule has 0 atom stereocenters. The van der Waals surface area contributed by atoms with E-state index in [1.54, 1.807) is 70.0 Å². The molecule has 0 aliphatic carbocycles. The summed E-state index contributed by atoms with van der Waals surface area (Å²) in [5, 5.41) is 0. The molecule has 0 N–H and O–H groups in total. The van der Waals surface area contributed by atoms with Crippen LogP contribution in [0.1, 0.15) is 15.9 Å². The Balaban J connectivity index is 2.33. The van der Waals surface area contributed by atoms with Gasteiger partial charge in [0.15, 0.2) is 5.78 Å². The van der Waals surface area contributed by atoms with E-state index in [2.05, 4.69) is 0 Å². The standard InChI is InChI=1S/C20H27N2O4PS/c1-21(2)27(24,22(3)4)28-20-10-8-7-9-15(20)13-19(23)16-11-17(25-5)14-18(12-16)26-6/h7-12,14H,13H2,1-6H3. The van der Waals surface area contributed by atoms with Crippen LogP contribution in [0.2, 0.25) is 0 Å². The highest BCUT2D eigenvalue weighted by atomic mass is 32.7. The Morgan fingerprint density at radius 1 is 0.964 bits per heavy atom. The molecule has 0 fully saturated rings. The lowest BCUT2D eigenvalue weighted by Gasteiger charge is -2.30. The maximum atomic E-state index is 13.4. The van der Waals surface area contributed by atoms with Crippen molar-refractivity contribution in [2.24, 2.45) is 0 Å². The van der Waals surface area contributed by atoms with Crippen LogP contribution in [-0.4, -0.2) is 57.5 Å². The third-order valence-corrected chi connectivity index (χ3v) is 10.3. The van der Waals surface area contributed by atoms with Gasteiger partial charge in [0, 0.05) is 22.9 Å². The second kappa shape index (κ2) is 9.61. The molecule has 0 unspecified atom stereocenters. The summed E-state index contributed by atoms with van der Waals surface area (Å²) in [6.07, 6.45) is 0.195. The van der Waals surface area contributed by atoms with E-state index in [-0.39, 0.29) is 12.2 Å². The van der Waals surface area contributed by atoms with Gasteiger partial charge in [-0.15, -0.1) is 0 Å². The van der Waals surface area contributed by atoms with Crippen LogP contribution in [0.15, 0.2) is 47.4 Å². The molecule has 0 spiro atoms. The minimum Gasteiger partial charge on any atom is -0.497 e. The topological polar surface area (TPSA) is 59.1 Å². The third kappa shape index (κ3) is 5.17. The predicted octanol–water partition coefficient (Wildman–Crippen LogP) is 4.45. The van der Waals surface area contributed by atoms with Gasteiger partial charge in [0.05, 0.1) is 14.2 Å². The fourth-order valence-corrected chi connectivity index (χ4v) is 6.61. The van der Waals surface area contributed by atoms with E-state index in [1.165, 1.54) is 11.4 Å². The predicted molar refractivity (Wildman–Crippen MR) is 115 cm³/mol. The maximum Gasteiger partial charge on any atom is 0.275 e. The average Bonchev–Trinajstić information content (AvgIpc) is 2.68. The van der Waals surface area contributed by atoms with Gasteiger partial charge in [-0.1, -0.05) is 18.2 Å². The van der Waals surface area contributed by atoms with Gasteiger partial charge in [-0.3, -0.25) is 9.36 Å². The molecule has 0 aliphatic rings. The number of hydrogen-bond donors (Lipinski definition) is 0. The lowest BCUT2D eigenvalue weighted by atomic mass is 10.0. The fourth-order valence-electron chi connectivity index (χ4n) is 2.63. The number of ketones is 1. The number of carbonyl (C=O) groups is 1. The maximum absolute atomic E-state index is 13.4. The second-order valence-electron chi connectivity index (χ2n) is 6.59. The number of ether oxygens (including phenoxy) is 2. The molecule has 2 aromatic rings. The van der Waals surface area contributed by atoms with Crippen molar-refractivity contribution in [3.05, 3.63) is 53.6 Å². The Hall–Kier alpha value is -1.79. The largest absolute Gasteiger partial charge is 0.497 e. The summed E-state index contributed by atoms with van der Waals surface area (Å²) in [5.41, 5.74) is 1.35. The van der Waals surface area contributed by atoms with Crippen LogP contribution >= 0.6 is 18.0 Å². The van der Waals surface area contributed by atoms with E-state index >= 15 is 0 Å². The molecule has 0 saturated carbocycles. The summed E-state index contributed by atoms with van der Waals surface area (Å²) in [4.78, 5) is 13.8. The molecule has 0 heterocycles. The molecule has 0 radical (unpaired) electrons. The van der Waals surface area contributed by atoms with E-state index in [0.717, 1.165) is 10.5 Å². The Kier molecular flexibility index (Phi) is 7.72. The Morgan fingerprint density at radius 3 is 2.00 bits per heavy atom. The number of methoxy groups -OCH3 is 2. The molecule has 2 rings (SSSR count). The first-order valence-electron chi connectivity index (χ1n) is 8.70. The zero-order valence-corrected chi connectivity index (χ0v) is 18.8. The van der Waals surface area contributed by atoms with Gasteiger partial charge in [0.2, 0.25) is 0 Å². The van der Waals surface area contributed by atoms with E-state index in [0.29, 0.717) is 17.1 Å². The molecule has 152 valence electrons. The SMILES string of the molecule is COc1cc(OC)cc(C(=O)Cc2ccccc2SP(=O)(N(C)C)N(C)C)c1. The Bertz CT molecular complexity index is 852. The third-order valence-electron chi connectivity index (χ3n) is 4.23. The van der Waals surface area contributed by atoms with Crippen molar-refractivity contribution >= 4 is 23.8 Å². The molecule has 0 aliphatic heterocycles. The lowest BCUT2D eigenvalue weighted by Crippen LogP contribution is -2.18. The molecule has 2 aromatic carbocycles. The quantitative estimate of drug-likeness (QED) is 0.437. The van der Waals surface area contributed by atoms with Gasteiger partial charge in [-0.2, -0.15) is 0 Å². The minimum absolute atomic E-state index is 0.0604. The van der Waals surface area contributed by atoms with Gasteiger partial charge >= 0.3 is 0 Å². The fraction of sp³-hybridized carbons (Fsp3) is 0.350. The number of rotatable bonds is 9. The molecular formula is C20H27N2O4PS. The van der Waals surface area contributed by atoms with Gasteiger partial charge in [0.1, 0.15) is 11.5 Å². The van der Waals surface area contributed by atoms with E-state index in [4.69, 9.17) is 9.47 Å². The van der Waals surface area contributed by atoms with Crippen LogP contribution in [0, 0.1) is 0 Å². The molecule has 0 amide bonds. The van der Waals surface area contributed by atoms with Crippen LogP contribution in [0.3, 0.4) is 0 Å². The molecule has 6 nitrogen and oxygen atoms in total. The van der Waals surface area contributed by atoms with Crippen molar-refractivity contribution in [3.8, 4) is 11.5 Å². The van der Waals surface area contributed by atoms with E-state index < -0.39 is 6.65 Å². The number of benzene rings is 2. The summed E-state index contributed by atoms with van der Waals surface area (Å²) >= 11 is 1.29. The molecule has 28 heavy (non-hydrogen) atoms.